The second-order valence-electron chi connectivity index (χ2n) is 4.85. The Hall–Kier alpha value is 0. The molecule has 0 heterocycles. The van der Waals surface area contributed by atoms with Crippen molar-refractivity contribution in [1.29, 1.82) is 0 Å². The Balaban J connectivity index is 1.51. The molecule has 0 amide bonds. The monoisotopic (exact) mass is 166 g/mol. The lowest BCUT2D eigenvalue weighted by Gasteiger charge is -2.53. The van der Waals surface area contributed by atoms with Crippen molar-refractivity contribution < 1.29 is 0 Å². The Morgan fingerprint density at radius 1 is 1.08 bits per heavy atom. The Morgan fingerprint density at radius 2 is 2.00 bits per heavy atom. The highest BCUT2D eigenvalue weighted by Gasteiger charge is 2.45. The molecule has 3 atom stereocenters. The number of hydrogen-bond acceptors (Lipinski definition) is 0. The molecule has 0 aromatic heterocycles. The average Bonchev–Trinajstić information content (AvgIpc) is 2.06. The number of unbranched alkanes of at least 4 members (excludes halogenated alkanes) is 3. The molecule has 0 heteroatoms. The fourth-order valence-corrected chi connectivity index (χ4v) is 3.04. The molecule has 0 saturated heterocycles. The maximum atomic E-state index is 2.30. The summed E-state index contributed by atoms with van der Waals surface area (Å²) >= 11 is 0. The third kappa shape index (κ3) is 1.53. The molecule has 2 aliphatic carbocycles. The van der Waals surface area contributed by atoms with Crippen LogP contribution < -0.4 is 0 Å². The maximum Gasteiger partial charge on any atom is -0.0357 e. The van der Waals surface area contributed by atoms with Crippen LogP contribution in [-0.4, -0.2) is 0 Å². The molecule has 0 nitrogen and oxygen atoms in total. The summed E-state index contributed by atoms with van der Waals surface area (Å²) in [4.78, 5) is 0. The number of rotatable bonds is 5. The van der Waals surface area contributed by atoms with Gasteiger partial charge in [-0.3, -0.25) is 0 Å². The largest absolute Gasteiger partial charge is 0.0654 e. The van der Waals surface area contributed by atoms with Gasteiger partial charge in [-0.05, 0) is 37.0 Å². The Kier molecular flexibility index (Phi) is 2.73. The highest BCUT2D eigenvalue weighted by atomic mass is 14.5. The smallest absolute Gasteiger partial charge is 0.0357 e. The molecular weight excluding hydrogens is 144 g/mol. The standard InChI is InChI=1S/C12H22/c1-2-3-4-5-6-10-9-11-7-8-12(10)11/h10-12H,2-9H2,1H3. The van der Waals surface area contributed by atoms with E-state index in [1.54, 1.807) is 25.7 Å². The minimum absolute atomic E-state index is 1.17. The second-order valence-corrected chi connectivity index (χ2v) is 4.85. The van der Waals surface area contributed by atoms with Crippen LogP contribution >= 0.6 is 0 Å². The lowest BCUT2D eigenvalue weighted by molar-refractivity contribution is -0.0305. The topological polar surface area (TPSA) is 0 Å². The number of hydrogen-bond donors (Lipinski definition) is 0. The van der Waals surface area contributed by atoms with E-state index in [0.29, 0.717) is 0 Å². The average molecular weight is 166 g/mol. The van der Waals surface area contributed by atoms with Crippen molar-refractivity contribution in [2.24, 2.45) is 17.8 Å². The summed E-state index contributed by atoms with van der Waals surface area (Å²) in [6.07, 6.45) is 12.1. The molecule has 0 spiro atoms. The SMILES string of the molecule is CCCCCCC1CC2CCC12. The van der Waals surface area contributed by atoms with Crippen LogP contribution in [0.15, 0.2) is 0 Å². The van der Waals surface area contributed by atoms with Crippen LogP contribution in [-0.2, 0) is 0 Å². The molecule has 0 aromatic carbocycles. The third-order valence-corrected chi connectivity index (χ3v) is 4.12. The van der Waals surface area contributed by atoms with Crippen LogP contribution in [0.5, 0.6) is 0 Å². The van der Waals surface area contributed by atoms with Gasteiger partial charge < -0.3 is 0 Å². The maximum absolute atomic E-state index is 2.30. The van der Waals surface area contributed by atoms with E-state index in [1.165, 1.54) is 43.4 Å². The Labute approximate surface area is 76.7 Å². The molecule has 70 valence electrons. The molecule has 0 aromatic rings. The zero-order valence-electron chi connectivity index (χ0n) is 8.39. The fourth-order valence-electron chi connectivity index (χ4n) is 3.04. The van der Waals surface area contributed by atoms with Gasteiger partial charge in [-0.25, -0.2) is 0 Å². The van der Waals surface area contributed by atoms with Crippen molar-refractivity contribution in [2.75, 3.05) is 0 Å². The third-order valence-electron chi connectivity index (χ3n) is 4.12. The summed E-state index contributed by atoms with van der Waals surface area (Å²) in [6, 6.07) is 0. The van der Waals surface area contributed by atoms with E-state index in [-0.39, 0.29) is 0 Å². The summed E-state index contributed by atoms with van der Waals surface area (Å²) in [5, 5.41) is 0. The molecule has 2 saturated carbocycles. The molecule has 0 N–H and O–H groups in total. The molecule has 3 unspecified atom stereocenters. The van der Waals surface area contributed by atoms with Crippen molar-refractivity contribution in [3.05, 3.63) is 0 Å². The van der Waals surface area contributed by atoms with Crippen molar-refractivity contribution in [1.82, 2.24) is 0 Å². The minimum atomic E-state index is 1.17. The zero-order valence-corrected chi connectivity index (χ0v) is 8.39. The summed E-state index contributed by atoms with van der Waals surface area (Å²) in [5.74, 6) is 3.56. The summed E-state index contributed by atoms with van der Waals surface area (Å²) in [5.41, 5.74) is 0. The van der Waals surface area contributed by atoms with Gasteiger partial charge >= 0.3 is 0 Å². The van der Waals surface area contributed by atoms with Crippen LogP contribution in [0, 0.1) is 17.8 Å². The first-order valence-corrected chi connectivity index (χ1v) is 5.92. The summed E-state index contributed by atoms with van der Waals surface area (Å²) in [6.45, 7) is 2.30. The fraction of sp³-hybridized carbons (Fsp3) is 1.00. The van der Waals surface area contributed by atoms with Gasteiger partial charge in [0, 0.05) is 0 Å². The van der Waals surface area contributed by atoms with E-state index in [0.717, 1.165) is 0 Å². The van der Waals surface area contributed by atoms with Crippen LogP contribution in [0.25, 0.3) is 0 Å². The van der Waals surface area contributed by atoms with Crippen molar-refractivity contribution >= 4 is 0 Å². The molecule has 2 rings (SSSR count). The lowest BCUT2D eigenvalue weighted by Crippen LogP contribution is -2.44. The molecule has 0 radical (unpaired) electrons. The van der Waals surface area contributed by atoms with Crippen molar-refractivity contribution in [3.8, 4) is 0 Å². The van der Waals surface area contributed by atoms with Gasteiger partial charge in [-0.2, -0.15) is 0 Å². The van der Waals surface area contributed by atoms with Crippen molar-refractivity contribution in [3.63, 3.8) is 0 Å². The first-order valence-electron chi connectivity index (χ1n) is 5.92. The minimum Gasteiger partial charge on any atom is -0.0654 e. The predicted molar refractivity (Wildman–Crippen MR) is 53.1 cm³/mol. The van der Waals surface area contributed by atoms with Gasteiger partial charge in [0.05, 0.1) is 0 Å². The van der Waals surface area contributed by atoms with Gasteiger partial charge in [-0.15, -0.1) is 0 Å². The van der Waals surface area contributed by atoms with Crippen LogP contribution in [0.3, 0.4) is 0 Å². The van der Waals surface area contributed by atoms with Gasteiger partial charge in [0.15, 0.2) is 0 Å². The van der Waals surface area contributed by atoms with Gasteiger partial charge in [0.25, 0.3) is 0 Å². The first-order chi connectivity index (χ1) is 5.92. The van der Waals surface area contributed by atoms with E-state index in [1.807, 2.05) is 0 Å². The molecule has 0 aliphatic heterocycles. The van der Waals surface area contributed by atoms with E-state index in [2.05, 4.69) is 6.92 Å². The molecule has 2 aliphatic rings. The van der Waals surface area contributed by atoms with Gasteiger partial charge in [-0.1, -0.05) is 39.0 Å². The molecule has 2 fully saturated rings. The molecular formula is C12H22. The highest BCUT2D eigenvalue weighted by molar-refractivity contribution is 4.96. The predicted octanol–water partition coefficient (Wildman–Crippen LogP) is 4.00. The molecule has 12 heavy (non-hydrogen) atoms. The van der Waals surface area contributed by atoms with E-state index in [9.17, 15) is 0 Å². The van der Waals surface area contributed by atoms with E-state index in [4.69, 9.17) is 0 Å². The first kappa shape index (κ1) is 8.59. The van der Waals surface area contributed by atoms with E-state index >= 15 is 0 Å². The van der Waals surface area contributed by atoms with Gasteiger partial charge in [0.2, 0.25) is 0 Å². The highest BCUT2D eigenvalue weighted by Crippen LogP contribution is 2.55. The van der Waals surface area contributed by atoms with Crippen molar-refractivity contribution in [2.45, 2.75) is 58.3 Å². The quantitative estimate of drug-likeness (QED) is 0.541. The Morgan fingerprint density at radius 3 is 2.50 bits per heavy atom. The zero-order chi connectivity index (χ0) is 8.39. The summed E-state index contributed by atoms with van der Waals surface area (Å²) in [7, 11) is 0. The van der Waals surface area contributed by atoms with Crippen LogP contribution in [0.1, 0.15) is 58.3 Å². The lowest BCUT2D eigenvalue weighted by atomic mass is 9.52. The Bertz CT molecular complexity index is 139. The van der Waals surface area contributed by atoms with Crippen LogP contribution in [0.2, 0.25) is 0 Å². The summed E-state index contributed by atoms with van der Waals surface area (Å²) < 4.78 is 0. The second kappa shape index (κ2) is 3.81. The van der Waals surface area contributed by atoms with Crippen LogP contribution in [0.4, 0.5) is 0 Å². The van der Waals surface area contributed by atoms with Gasteiger partial charge in [0.1, 0.15) is 0 Å². The molecule has 0 bridgehead atoms. The van der Waals surface area contributed by atoms with E-state index < -0.39 is 0 Å². The normalized spacial score (nSPS) is 38.2. The number of fused-ring (bicyclic) bond motifs is 1.